The molecule has 9 nitrogen and oxygen atoms in total. The van der Waals surface area contributed by atoms with E-state index in [0.717, 1.165) is 18.9 Å². The third kappa shape index (κ3) is 4.49. The van der Waals surface area contributed by atoms with Crippen LogP contribution in [0.15, 0.2) is 18.3 Å². The number of rotatable bonds is 6. The van der Waals surface area contributed by atoms with E-state index in [1.54, 1.807) is 4.57 Å². The number of carbonyl (C=O) groups is 1. The number of halogens is 3. The molecule has 5 rings (SSSR count). The van der Waals surface area contributed by atoms with E-state index in [2.05, 4.69) is 25.6 Å². The smallest absolute Gasteiger partial charge is 0.225 e. The molecular formula is C23H26F3N7O2. The Labute approximate surface area is 199 Å². The quantitative estimate of drug-likeness (QED) is 0.390. The number of amides is 1. The van der Waals surface area contributed by atoms with Gasteiger partial charge in [0.25, 0.3) is 0 Å². The van der Waals surface area contributed by atoms with Crippen molar-refractivity contribution in [3.63, 3.8) is 0 Å². The van der Waals surface area contributed by atoms with E-state index in [1.807, 2.05) is 0 Å². The van der Waals surface area contributed by atoms with Crippen molar-refractivity contribution in [2.75, 3.05) is 10.6 Å². The summed E-state index contributed by atoms with van der Waals surface area (Å²) in [6.07, 6.45) is 5.58. The second kappa shape index (κ2) is 9.33. The zero-order valence-electron chi connectivity index (χ0n) is 18.8. The number of hydrogen-bond donors (Lipinski definition) is 4. The maximum Gasteiger partial charge on any atom is 0.225 e. The fourth-order valence-electron chi connectivity index (χ4n) is 5.04. The lowest BCUT2D eigenvalue weighted by molar-refractivity contribution is -0.122. The first-order chi connectivity index (χ1) is 16.8. The van der Waals surface area contributed by atoms with Crippen molar-refractivity contribution in [3.05, 3.63) is 35.8 Å². The van der Waals surface area contributed by atoms with Crippen molar-refractivity contribution in [1.29, 1.82) is 0 Å². The highest BCUT2D eigenvalue weighted by Gasteiger charge is 2.30. The lowest BCUT2D eigenvalue weighted by Gasteiger charge is -2.29. The van der Waals surface area contributed by atoms with Gasteiger partial charge in [-0.3, -0.25) is 9.36 Å². The van der Waals surface area contributed by atoms with Gasteiger partial charge in [0.15, 0.2) is 17.3 Å². The summed E-state index contributed by atoms with van der Waals surface area (Å²) in [4.78, 5) is 25.0. The number of aliphatic hydroxyl groups is 1. The molecule has 2 saturated carbocycles. The Morgan fingerprint density at radius 2 is 1.80 bits per heavy atom. The number of nitrogens with one attached hydrogen (secondary N) is 2. The Balaban J connectivity index is 1.54. The first kappa shape index (κ1) is 23.3. The van der Waals surface area contributed by atoms with Crippen LogP contribution in [0.4, 0.5) is 30.8 Å². The van der Waals surface area contributed by atoms with Gasteiger partial charge in [-0.25, -0.2) is 23.1 Å². The minimum absolute atomic E-state index is 0.0817. The molecule has 0 saturated heterocycles. The van der Waals surface area contributed by atoms with E-state index in [-0.39, 0.29) is 29.9 Å². The first-order valence-corrected chi connectivity index (χ1v) is 11.7. The van der Waals surface area contributed by atoms with Gasteiger partial charge in [-0.15, -0.1) is 0 Å². The number of fused-ring (bicyclic) bond motifs is 1. The van der Waals surface area contributed by atoms with Crippen molar-refractivity contribution in [3.8, 4) is 0 Å². The molecule has 2 atom stereocenters. The summed E-state index contributed by atoms with van der Waals surface area (Å²) in [7, 11) is 0. The predicted octanol–water partition coefficient (Wildman–Crippen LogP) is 3.53. The minimum Gasteiger partial charge on any atom is -0.391 e. The number of nitrogens with two attached hydrogens (primary N) is 1. The Morgan fingerprint density at radius 3 is 2.49 bits per heavy atom. The Kier molecular flexibility index (Phi) is 6.22. The summed E-state index contributed by atoms with van der Waals surface area (Å²) in [6, 6.07) is 1.17. The van der Waals surface area contributed by atoms with Crippen LogP contribution in [0.1, 0.15) is 51.0 Å². The van der Waals surface area contributed by atoms with Gasteiger partial charge < -0.3 is 21.5 Å². The number of aliphatic hydroxyl groups excluding tert-OH is 1. The van der Waals surface area contributed by atoms with Gasteiger partial charge in [-0.2, -0.15) is 4.98 Å². The molecule has 2 aliphatic carbocycles. The van der Waals surface area contributed by atoms with E-state index >= 15 is 0 Å². The molecule has 2 aliphatic rings. The van der Waals surface area contributed by atoms with Crippen molar-refractivity contribution >= 4 is 34.7 Å². The molecule has 0 unspecified atom stereocenters. The van der Waals surface area contributed by atoms with E-state index in [4.69, 9.17) is 5.73 Å². The highest BCUT2D eigenvalue weighted by molar-refractivity contribution is 5.78. The molecule has 35 heavy (non-hydrogen) atoms. The fourth-order valence-corrected chi connectivity index (χ4v) is 5.04. The van der Waals surface area contributed by atoms with Crippen LogP contribution in [-0.4, -0.2) is 42.7 Å². The second-order valence-corrected chi connectivity index (χ2v) is 9.21. The number of nitrogens with zero attached hydrogens (tertiary/aromatic N) is 4. The molecule has 0 bridgehead atoms. The third-order valence-electron chi connectivity index (χ3n) is 6.97. The number of benzene rings is 1. The Morgan fingerprint density at radius 1 is 1.06 bits per heavy atom. The van der Waals surface area contributed by atoms with Crippen LogP contribution in [0.25, 0.3) is 11.2 Å². The number of anilines is 3. The van der Waals surface area contributed by atoms with Crippen molar-refractivity contribution in [2.45, 2.75) is 63.1 Å². The summed E-state index contributed by atoms with van der Waals surface area (Å²) < 4.78 is 44.3. The highest BCUT2D eigenvalue weighted by atomic mass is 19.2. The molecule has 2 aromatic heterocycles. The SMILES string of the molecule is NC(=O)[C@H]1CC[C@@H](n2c(Nc3c(F)ccc(F)c3F)nc3cnc(N[C@@H]4CCC[C@H]4O)nc32)CC1. The maximum atomic E-state index is 14.4. The molecule has 0 spiro atoms. The van der Waals surface area contributed by atoms with Crippen molar-refractivity contribution in [2.24, 2.45) is 11.7 Å². The number of aromatic nitrogens is 4. The molecule has 5 N–H and O–H groups in total. The molecule has 0 radical (unpaired) electrons. The minimum atomic E-state index is -1.36. The molecule has 1 amide bonds. The Bertz CT molecular complexity index is 1260. The van der Waals surface area contributed by atoms with Gasteiger partial charge in [0.2, 0.25) is 17.8 Å². The van der Waals surface area contributed by atoms with Crippen LogP contribution >= 0.6 is 0 Å². The largest absolute Gasteiger partial charge is 0.391 e. The Hall–Kier alpha value is -3.41. The fraction of sp³-hybridized carbons (Fsp3) is 0.478. The van der Waals surface area contributed by atoms with Gasteiger partial charge in [0.1, 0.15) is 17.0 Å². The molecular weight excluding hydrogens is 463 g/mol. The number of primary amides is 1. The molecule has 2 heterocycles. The zero-order chi connectivity index (χ0) is 24.7. The predicted molar refractivity (Wildman–Crippen MR) is 122 cm³/mol. The number of imidazole rings is 1. The number of carbonyl (C=O) groups excluding carboxylic acids is 1. The van der Waals surface area contributed by atoms with Gasteiger partial charge in [-0.1, -0.05) is 0 Å². The van der Waals surface area contributed by atoms with Gasteiger partial charge in [-0.05, 0) is 57.1 Å². The normalized spacial score (nSPS) is 24.6. The standard InChI is InChI=1S/C23H26F3N7O2/c24-13-8-9-14(25)19(18(13)26)31-23-30-16-10-28-22(29-15-2-1-3-17(15)34)32-21(16)33(23)12-6-4-11(5-7-12)20(27)35/h8-12,15,17,34H,1-7H2,(H2,27,35)(H,30,31)(H,28,29,32)/t11-,12+,15-,17-/m1/s1. The summed E-state index contributed by atoms with van der Waals surface area (Å²) in [5, 5.41) is 15.9. The van der Waals surface area contributed by atoms with Gasteiger partial charge >= 0.3 is 0 Å². The van der Waals surface area contributed by atoms with Crippen LogP contribution in [0.5, 0.6) is 0 Å². The second-order valence-electron chi connectivity index (χ2n) is 9.21. The maximum absolute atomic E-state index is 14.4. The van der Waals surface area contributed by atoms with E-state index < -0.39 is 29.2 Å². The molecule has 0 aliphatic heterocycles. The summed E-state index contributed by atoms with van der Waals surface area (Å²) in [6.45, 7) is 0. The van der Waals surface area contributed by atoms with Crippen LogP contribution < -0.4 is 16.4 Å². The molecule has 12 heteroatoms. The zero-order valence-corrected chi connectivity index (χ0v) is 18.8. The van der Waals surface area contributed by atoms with Crippen LogP contribution in [0, 0.1) is 23.4 Å². The van der Waals surface area contributed by atoms with Crippen LogP contribution in [-0.2, 0) is 4.79 Å². The van der Waals surface area contributed by atoms with E-state index in [0.29, 0.717) is 55.3 Å². The number of hydrogen-bond acceptors (Lipinski definition) is 7. The highest BCUT2D eigenvalue weighted by Crippen LogP contribution is 2.37. The monoisotopic (exact) mass is 489 g/mol. The average Bonchev–Trinajstić information content (AvgIpc) is 3.41. The summed E-state index contributed by atoms with van der Waals surface area (Å²) >= 11 is 0. The molecule has 2 fully saturated rings. The molecule has 1 aromatic carbocycles. The van der Waals surface area contributed by atoms with Gasteiger partial charge in [0, 0.05) is 12.0 Å². The van der Waals surface area contributed by atoms with Crippen molar-refractivity contribution in [1.82, 2.24) is 19.5 Å². The first-order valence-electron chi connectivity index (χ1n) is 11.7. The lowest BCUT2D eigenvalue weighted by atomic mass is 9.85. The van der Waals surface area contributed by atoms with Gasteiger partial charge in [0.05, 0.1) is 18.3 Å². The summed E-state index contributed by atoms with van der Waals surface area (Å²) in [5.41, 5.74) is 5.60. The van der Waals surface area contributed by atoms with E-state index in [9.17, 15) is 23.1 Å². The molecule has 3 aromatic rings. The third-order valence-corrected chi connectivity index (χ3v) is 6.97. The molecule has 186 valence electrons. The summed E-state index contributed by atoms with van der Waals surface area (Å²) in [5.74, 6) is -3.74. The topological polar surface area (TPSA) is 131 Å². The lowest BCUT2D eigenvalue weighted by Crippen LogP contribution is -2.29. The van der Waals surface area contributed by atoms with Crippen LogP contribution in [0.3, 0.4) is 0 Å². The van der Waals surface area contributed by atoms with Crippen LogP contribution in [0.2, 0.25) is 0 Å². The average molecular weight is 490 g/mol. The van der Waals surface area contributed by atoms with Crippen molar-refractivity contribution < 1.29 is 23.1 Å². The van der Waals surface area contributed by atoms with E-state index in [1.165, 1.54) is 6.20 Å².